The van der Waals surface area contributed by atoms with Crippen LogP contribution in [0.25, 0.3) is 0 Å². The molecule has 0 radical (unpaired) electrons. The fourth-order valence-electron chi connectivity index (χ4n) is 1.89. The highest BCUT2D eigenvalue weighted by molar-refractivity contribution is 7.61. The molecule has 0 aromatic heterocycles. The highest BCUT2D eigenvalue weighted by Gasteiger charge is 2.63. The van der Waals surface area contributed by atoms with Crippen LogP contribution in [0.2, 0.25) is 0 Å². The molecule has 1 unspecified atom stereocenters. The third-order valence-electron chi connectivity index (χ3n) is 2.65. The first-order valence-corrected chi connectivity index (χ1v) is 8.27. The first-order valence-electron chi connectivity index (χ1n) is 6.65. The number of ether oxygens (including phenoxy) is 2. The summed E-state index contributed by atoms with van der Waals surface area (Å²) in [6.45, 7) is 7.77. The van der Waals surface area contributed by atoms with Crippen molar-refractivity contribution < 1.29 is 27.3 Å². The zero-order valence-corrected chi connectivity index (χ0v) is 13.3. The second-order valence-electron chi connectivity index (χ2n) is 4.15. The molecule has 0 amide bonds. The smallest absolute Gasteiger partial charge is 0.327 e. The standard InChI is InChI=1S/C12H25F2O4P/c1-6-10-12(13,14)19(15,18-9-4)11(5,16-7-2)17-8-3/h6-10H2,1-5H3. The number of alkyl halides is 2. The molecule has 0 aliphatic heterocycles. The van der Waals surface area contributed by atoms with Crippen LogP contribution in [-0.4, -0.2) is 31.0 Å². The van der Waals surface area contributed by atoms with E-state index in [1.165, 1.54) is 13.8 Å². The van der Waals surface area contributed by atoms with Crippen molar-refractivity contribution in [2.45, 2.75) is 58.7 Å². The lowest BCUT2D eigenvalue weighted by molar-refractivity contribution is -0.175. The van der Waals surface area contributed by atoms with E-state index in [2.05, 4.69) is 0 Å². The van der Waals surface area contributed by atoms with Gasteiger partial charge in [0.1, 0.15) is 0 Å². The largest absolute Gasteiger partial charge is 0.342 e. The Balaban J connectivity index is 5.62. The van der Waals surface area contributed by atoms with Gasteiger partial charge >= 0.3 is 13.0 Å². The van der Waals surface area contributed by atoms with Crippen LogP contribution < -0.4 is 0 Å². The van der Waals surface area contributed by atoms with Crippen molar-refractivity contribution in [3.63, 3.8) is 0 Å². The number of hydrogen-bond donors (Lipinski definition) is 0. The SMILES string of the molecule is CCCC(F)(F)P(=O)(OCC)C(C)(OCC)OCC. The molecular formula is C12H25F2O4P. The Morgan fingerprint density at radius 1 is 1.00 bits per heavy atom. The van der Waals surface area contributed by atoms with Gasteiger partial charge in [-0.1, -0.05) is 6.92 Å². The average molecular weight is 302 g/mol. The molecule has 0 fully saturated rings. The number of hydrogen-bond acceptors (Lipinski definition) is 4. The van der Waals surface area contributed by atoms with Crippen LogP contribution >= 0.6 is 7.37 Å². The fraction of sp³-hybridized carbons (Fsp3) is 1.00. The monoisotopic (exact) mass is 302 g/mol. The molecular weight excluding hydrogens is 277 g/mol. The Hall–Kier alpha value is -0.0300. The van der Waals surface area contributed by atoms with Gasteiger partial charge in [-0.05, 0) is 34.1 Å². The summed E-state index contributed by atoms with van der Waals surface area (Å²) < 4.78 is 56.7. The summed E-state index contributed by atoms with van der Waals surface area (Å²) in [6.07, 6.45) is -0.335. The third kappa shape index (κ3) is 3.97. The van der Waals surface area contributed by atoms with Crippen molar-refractivity contribution in [1.82, 2.24) is 0 Å². The van der Waals surface area contributed by atoms with E-state index in [0.29, 0.717) is 0 Å². The Kier molecular flexibility index (Phi) is 7.66. The maximum Gasteiger partial charge on any atom is 0.327 e. The molecule has 0 bridgehead atoms. The molecule has 0 aliphatic carbocycles. The maximum absolute atomic E-state index is 14.3. The number of rotatable bonds is 10. The van der Waals surface area contributed by atoms with Gasteiger partial charge in [0, 0.05) is 19.6 Å². The molecule has 19 heavy (non-hydrogen) atoms. The van der Waals surface area contributed by atoms with Crippen LogP contribution in [0.4, 0.5) is 8.78 Å². The zero-order chi connectivity index (χ0) is 15.2. The normalized spacial score (nSPS) is 16.4. The Bertz CT molecular complexity index is 304. The molecule has 0 aromatic rings. The topological polar surface area (TPSA) is 44.8 Å². The van der Waals surface area contributed by atoms with E-state index < -0.39 is 25.0 Å². The molecule has 4 nitrogen and oxygen atoms in total. The molecule has 0 saturated heterocycles. The van der Waals surface area contributed by atoms with Crippen LogP contribution in [-0.2, 0) is 18.6 Å². The summed E-state index contributed by atoms with van der Waals surface area (Å²) in [5.41, 5.74) is -5.40. The van der Waals surface area contributed by atoms with Crippen molar-refractivity contribution in [2.75, 3.05) is 19.8 Å². The summed E-state index contributed by atoms with van der Waals surface area (Å²) in [5.74, 6) is 0. The van der Waals surface area contributed by atoms with Crippen molar-refractivity contribution >= 4 is 7.37 Å². The van der Waals surface area contributed by atoms with Gasteiger partial charge in [0.25, 0.3) is 0 Å². The van der Waals surface area contributed by atoms with E-state index in [4.69, 9.17) is 14.0 Å². The van der Waals surface area contributed by atoms with E-state index in [9.17, 15) is 13.3 Å². The minimum atomic E-state index is -4.47. The first-order chi connectivity index (χ1) is 8.74. The van der Waals surface area contributed by atoms with Gasteiger partial charge in [-0.15, -0.1) is 0 Å². The van der Waals surface area contributed by atoms with Crippen LogP contribution in [0.15, 0.2) is 0 Å². The molecule has 0 N–H and O–H groups in total. The lowest BCUT2D eigenvalue weighted by Crippen LogP contribution is -2.40. The van der Waals surface area contributed by atoms with Crippen molar-refractivity contribution in [2.24, 2.45) is 0 Å². The predicted molar refractivity (Wildman–Crippen MR) is 70.7 cm³/mol. The first kappa shape index (κ1) is 19.0. The second kappa shape index (κ2) is 7.67. The summed E-state index contributed by atoms with van der Waals surface area (Å²) >= 11 is 0. The number of halogens is 2. The Morgan fingerprint density at radius 2 is 1.47 bits per heavy atom. The van der Waals surface area contributed by atoms with Crippen molar-refractivity contribution in [3.8, 4) is 0 Å². The van der Waals surface area contributed by atoms with Gasteiger partial charge < -0.3 is 14.0 Å². The van der Waals surface area contributed by atoms with Crippen LogP contribution in [0, 0.1) is 0 Å². The summed E-state index contributed by atoms with van der Waals surface area (Å²) in [4.78, 5) is 0. The van der Waals surface area contributed by atoms with Gasteiger partial charge in [0.2, 0.25) is 5.53 Å². The molecule has 0 spiro atoms. The van der Waals surface area contributed by atoms with Gasteiger partial charge in [0.15, 0.2) is 0 Å². The quantitative estimate of drug-likeness (QED) is 0.442. The molecule has 0 rings (SSSR count). The van der Waals surface area contributed by atoms with Crippen molar-refractivity contribution in [1.29, 1.82) is 0 Å². The van der Waals surface area contributed by atoms with Gasteiger partial charge in [-0.25, -0.2) is 0 Å². The van der Waals surface area contributed by atoms with Crippen LogP contribution in [0.3, 0.4) is 0 Å². The lowest BCUT2D eigenvalue weighted by atomic mass is 10.3. The van der Waals surface area contributed by atoms with E-state index in [1.807, 2.05) is 0 Å². The van der Waals surface area contributed by atoms with Gasteiger partial charge in [0.05, 0.1) is 6.61 Å². The Morgan fingerprint density at radius 3 is 1.79 bits per heavy atom. The molecule has 0 saturated carbocycles. The molecule has 116 valence electrons. The highest BCUT2D eigenvalue weighted by Crippen LogP contribution is 2.71. The molecule has 0 aromatic carbocycles. The van der Waals surface area contributed by atoms with E-state index >= 15 is 0 Å². The van der Waals surface area contributed by atoms with Gasteiger partial charge in [-0.3, -0.25) is 4.57 Å². The summed E-state index contributed by atoms with van der Waals surface area (Å²) in [5, 5.41) is 0. The van der Waals surface area contributed by atoms with Crippen molar-refractivity contribution in [3.05, 3.63) is 0 Å². The summed E-state index contributed by atoms with van der Waals surface area (Å²) in [6, 6.07) is 0. The maximum atomic E-state index is 14.3. The minimum absolute atomic E-state index is 0.0910. The Labute approximate surface area is 114 Å². The minimum Gasteiger partial charge on any atom is -0.342 e. The van der Waals surface area contributed by atoms with Crippen LogP contribution in [0.1, 0.15) is 47.5 Å². The summed E-state index contributed by atoms with van der Waals surface area (Å²) in [7, 11) is -4.47. The molecule has 0 heterocycles. The van der Waals surface area contributed by atoms with E-state index in [1.54, 1.807) is 20.8 Å². The highest BCUT2D eigenvalue weighted by atomic mass is 31.2. The molecule has 7 heteroatoms. The van der Waals surface area contributed by atoms with Gasteiger partial charge in [-0.2, -0.15) is 8.78 Å². The van der Waals surface area contributed by atoms with E-state index in [-0.39, 0.29) is 26.2 Å². The zero-order valence-electron chi connectivity index (χ0n) is 12.4. The van der Waals surface area contributed by atoms with Crippen LogP contribution in [0.5, 0.6) is 0 Å². The van der Waals surface area contributed by atoms with E-state index in [0.717, 1.165) is 0 Å². The molecule has 0 aliphatic rings. The molecule has 1 atom stereocenters. The lowest BCUT2D eigenvalue weighted by Gasteiger charge is -2.39. The predicted octanol–water partition coefficient (Wildman–Crippen LogP) is 4.44. The third-order valence-corrected chi connectivity index (χ3v) is 5.69. The fourth-order valence-corrected chi connectivity index (χ4v) is 4.38. The average Bonchev–Trinajstić information content (AvgIpc) is 2.29. The second-order valence-corrected chi connectivity index (χ2v) is 6.98.